The van der Waals surface area contributed by atoms with E-state index in [1.54, 1.807) is 13.1 Å². The van der Waals surface area contributed by atoms with Gasteiger partial charge in [0.25, 0.3) is 11.6 Å². The number of hydrogen-bond donors (Lipinski definition) is 1. The molecule has 2 N–H and O–H groups in total. The maximum absolute atomic E-state index is 12.5. The molecule has 21 heavy (non-hydrogen) atoms. The van der Waals surface area contributed by atoms with E-state index in [1.807, 2.05) is 25.1 Å². The molecule has 108 valence electrons. The zero-order valence-corrected chi connectivity index (χ0v) is 11.7. The summed E-state index contributed by atoms with van der Waals surface area (Å²) in [5.41, 5.74) is 7.15. The second-order valence-electron chi connectivity index (χ2n) is 4.65. The van der Waals surface area contributed by atoms with Crippen LogP contribution < -0.4 is 10.6 Å². The van der Waals surface area contributed by atoms with E-state index in [0.717, 1.165) is 11.3 Å². The molecule has 0 aliphatic carbocycles. The van der Waals surface area contributed by atoms with Gasteiger partial charge in [-0.1, -0.05) is 24.3 Å². The molecule has 0 heterocycles. The van der Waals surface area contributed by atoms with Crippen molar-refractivity contribution in [2.75, 3.05) is 17.7 Å². The Balaban J connectivity index is 2.44. The van der Waals surface area contributed by atoms with E-state index in [0.29, 0.717) is 0 Å². The molecule has 0 fully saturated rings. The van der Waals surface area contributed by atoms with Gasteiger partial charge in [0.2, 0.25) is 0 Å². The molecule has 6 heteroatoms. The number of amides is 1. The van der Waals surface area contributed by atoms with Crippen molar-refractivity contribution in [3.63, 3.8) is 0 Å². The topological polar surface area (TPSA) is 89.5 Å². The van der Waals surface area contributed by atoms with Gasteiger partial charge in [-0.25, -0.2) is 0 Å². The zero-order chi connectivity index (χ0) is 15.6. The molecule has 1 amide bonds. The van der Waals surface area contributed by atoms with Gasteiger partial charge in [0.15, 0.2) is 0 Å². The summed E-state index contributed by atoms with van der Waals surface area (Å²) in [6.45, 7) is 1.88. The van der Waals surface area contributed by atoms with Crippen molar-refractivity contribution in [1.29, 1.82) is 0 Å². The predicted octanol–water partition coefficient (Wildman–Crippen LogP) is 2.76. The van der Waals surface area contributed by atoms with Crippen molar-refractivity contribution in [3.8, 4) is 0 Å². The largest absolute Gasteiger partial charge is 0.393 e. The minimum absolute atomic E-state index is 0.118. The molecule has 0 aromatic heterocycles. The molecular formula is C15H15N3O3. The normalized spacial score (nSPS) is 10.2. The second kappa shape index (κ2) is 5.62. The number of nitro groups is 1. The highest BCUT2D eigenvalue weighted by molar-refractivity contribution is 6.10. The van der Waals surface area contributed by atoms with Crippen LogP contribution in [0.25, 0.3) is 0 Å². The summed E-state index contributed by atoms with van der Waals surface area (Å²) in [5, 5.41) is 10.9. The number of nitrogens with two attached hydrogens (primary N) is 1. The lowest BCUT2D eigenvalue weighted by Gasteiger charge is -2.20. The van der Waals surface area contributed by atoms with E-state index >= 15 is 0 Å². The number of benzene rings is 2. The van der Waals surface area contributed by atoms with Gasteiger partial charge in [0, 0.05) is 18.8 Å². The molecular weight excluding hydrogens is 270 g/mol. The first-order chi connectivity index (χ1) is 9.93. The molecule has 0 aliphatic heterocycles. The van der Waals surface area contributed by atoms with Gasteiger partial charge < -0.3 is 10.6 Å². The van der Waals surface area contributed by atoms with E-state index in [1.165, 1.54) is 23.1 Å². The number of carbonyl (C=O) groups excluding carboxylic acids is 1. The summed E-state index contributed by atoms with van der Waals surface area (Å²) >= 11 is 0. The third-order valence-electron chi connectivity index (χ3n) is 3.29. The Morgan fingerprint density at radius 2 is 1.86 bits per heavy atom. The number of nitrogen functional groups attached to an aromatic ring is 1. The Labute approximate surface area is 121 Å². The van der Waals surface area contributed by atoms with Crippen LogP contribution in [0.5, 0.6) is 0 Å². The molecule has 0 saturated heterocycles. The second-order valence-corrected chi connectivity index (χ2v) is 4.65. The Morgan fingerprint density at radius 1 is 1.19 bits per heavy atom. The third-order valence-corrected chi connectivity index (χ3v) is 3.29. The maximum atomic E-state index is 12.5. The van der Waals surface area contributed by atoms with Gasteiger partial charge in [-0.2, -0.15) is 0 Å². The van der Waals surface area contributed by atoms with Gasteiger partial charge >= 0.3 is 0 Å². The van der Waals surface area contributed by atoms with E-state index in [4.69, 9.17) is 5.73 Å². The van der Waals surface area contributed by atoms with Crippen molar-refractivity contribution in [3.05, 3.63) is 63.7 Å². The Kier molecular flexibility index (Phi) is 3.89. The minimum Gasteiger partial charge on any atom is -0.393 e. The van der Waals surface area contributed by atoms with Crippen LogP contribution >= 0.6 is 0 Å². The molecule has 0 atom stereocenters. The molecule has 0 unspecified atom stereocenters. The first kappa shape index (κ1) is 14.5. The Hall–Kier alpha value is -2.89. The van der Waals surface area contributed by atoms with E-state index in [9.17, 15) is 14.9 Å². The minimum atomic E-state index is -0.597. The van der Waals surface area contributed by atoms with Crippen LogP contribution in [0.3, 0.4) is 0 Å². The molecule has 2 rings (SSSR count). The van der Waals surface area contributed by atoms with Gasteiger partial charge in [-0.05, 0) is 24.6 Å². The molecule has 0 saturated carbocycles. The Bertz CT molecular complexity index is 713. The molecule has 0 radical (unpaired) electrons. The van der Waals surface area contributed by atoms with Crippen LogP contribution in [0.1, 0.15) is 15.9 Å². The zero-order valence-electron chi connectivity index (χ0n) is 11.7. The third kappa shape index (κ3) is 2.69. The van der Waals surface area contributed by atoms with Gasteiger partial charge in [-0.15, -0.1) is 0 Å². The lowest BCUT2D eigenvalue weighted by molar-refractivity contribution is -0.383. The quantitative estimate of drug-likeness (QED) is 0.533. The van der Waals surface area contributed by atoms with Crippen molar-refractivity contribution in [1.82, 2.24) is 0 Å². The van der Waals surface area contributed by atoms with E-state index in [-0.39, 0.29) is 22.8 Å². The molecule has 6 nitrogen and oxygen atoms in total. The average Bonchev–Trinajstić information content (AvgIpc) is 2.46. The molecule has 2 aromatic carbocycles. The summed E-state index contributed by atoms with van der Waals surface area (Å²) in [5.74, 6) is -0.384. The fraction of sp³-hybridized carbons (Fsp3) is 0.133. The van der Waals surface area contributed by atoms with Gasteiger partial charge in [0.1, 0.15) is 5.69 Å². The Morgan fingerprint density at radius 3 is 2.48 bits per heavy atom. The van der Waals surface area contributed by atoms with E-state index in [2.05, 4.69) is 0 Å². The average molecular weight is 285 g/mol. The first-order valence-corrected chi connectivity index (χ1v) is 6.30. The number of hydrogen-bond acceptors (Lipinski definition) is 4. The number of nitrogens with zero attached hydrogens (tertiary/aromatic N) is 2. The lowest BCUT2D eigenvalue weighted by Crippen LogP contribution is -2.27. The first-order valence-electron chi connectivity index (χ1n) is 6.30. The summed E-state index contributed by atoms with van der Waals surface area (Å²) in [7, 11) is 1.61. The summed E-state index contributed by atoms with van der Waals surface area (Å²) in [6.07, 6.45) is 0. The smallest absolute Gasteiger partial charge is 0.292 e. The predicted molar refractivity (Wildman–Crippen MR) is 81.4 cm³/mol. The fourth-order valence-electron chi connectivity index (χ4n) is 2.13. The van der Waals surface area contributed by atoms with Gasteiger partial charge in [0.05, 0.1) is 10.5 Å². The monoisotopic (exact) mass is 285 g/mol. The van der Waals surface area contributed by atoms with Crippen molar-refractivity contribution >= 4 is 23.0 Å². The molecule has 2 aromatic rings. The maximum Gasteiger partial charge on any atom is 0.292 e. The standard InChI is InChI=1S/C15H15N3O3/c1-10-6-3-4-8-12(10)17(2)15(19)11-7-5-9-13(14(11)16)18(20)21/h3-9H,16H2,1-2H3. The van der Waals surface area contributed by atoms with Crippen LogP contribution in [-0.2, 0) is 0 Å². The van der Waals surface area contributed by atoms with Crippen LogP contribution in [0.15, 0.2) is 42.5 Å². The molecule has 0 bridgehead atoms. The fourth-order valence-corrected chi connectivity index (χ4v) is 2.13. The highest BCUT2D eigenvalue weighted by atomic mass is 16.6. The lowest BCUT2D eigenvalue weighted by atomic mass is 10.1. The molecule has 0 aliphatic rings. The van der Waals surface area contributed by atoms with Crippen molar-refractivity contribution < 1.29 is 9.72 Å². The van der Waals surface area contributed by atoms with Crippen molar-refractivity contribution in [2.24, 2.45) is 0 Å². The van der Waals surface area contributed by atoms with Crippen molar-refractivity contribution in [2.45, 2.75) is 6.92 Å². The number of para-hydroxylation sites is 2. The van der Waals surface area contributed by atoms with Crippen LogP contribution in [-0.4, -0.2) is 17.9 Å². The summed E-state index contributed by atoms with van der Waals surface area (Å²) in [4.78, 5) is 24.2. The summed E-state index contributed by atoms with van der Waals surface area (Å²) in [6, 6.07) is 11.6. The number of nitro benzene ring substituents is 1. The number of carbonyl (C=O) groups is 1. The van der Waals surface area contributed by atoms with Crippen LogP contribution in [0.4, 0.5) is 17.1 Å². The highest BCUT2D eigenvalue weighted by Crippen LogP contribution is 2.27. The van der Waals surface area contributed by atoms with Gasteiger partial charge in [-0.3, -0.25) is 14.9 Å². The number of rotatable bonds is 3. The molecule has 0 spiro atoms. The van der Waals surface area contributed by atoms with E-state index < -0.39 is 4.92 Å². The number of anilines is 2. The highest BCUT2D eigenvalue weighted by Gasteiger charge is 2.22. The van der Waals surface area contributed by atoms with Crippen LogP contribution in [0, 0.1) is 17.0 Å². The van der Waals surface area contributed by atoms with Crippen LogP contribution in [0.2, 0.25) is 0 Å². The number of aryl methyl sites for hydroxylation is 1. The SMILES string of the molecule is Cc1ccccc1N(C)C(=O)c1cccc([N+](=O)[O-])c1N. The summed E-state index contributed by atoms with van der Waals surface area (Å²) < 4.78 is 0.